The maximum absolute atomic E-state index is 12.2. The minimum Gasteiger partial charge on any atom is -0.481 e. The molecule has 0 radical (unpaired) electrons. The first kappa shape index (κ1) is 19.9. The van der Waals surface area contributed by atoms with Crippen LogP contribution in [0.1, 0.15) is 27.1 Å². The SMILES string of the molecule is Cl.O=C(O)CCNC(=O)c1cccc(C(=O)NN2CCNCC2)c1. The molecule has 9 heteroatoms. The van der Waals surface area contributed by atoms with Crippen molar-refractivity contribution in [2.75, 3.05) is 32.7 Å². The van der Waals surface area contributed by atoms with Crippen LogP contribution in [0.5, 0.6) is 0 Å². The number of carbonyl (C=O) groups is 3. The number of hydrazine groups is 1. The van der Waals surface area contributed by atoms with Crippen LogP contribution in [0, 0.1) is 0 Å². The summed E-state index contributed by atoms with van der Waals surface area (Å²) in [5.41, 5.74) is 3.51. The molecule has 8 nitrogen and oxygen atoms in total. The van der Waals surface area contributed by atoms with Crippen LogP contribution >= 0.6 is 12.4 Å². The Kier molecular flexibility index (Phi) is 8.17. The Hall–Kier alpha value is -2.16. The highest BCUT2D eigenvalue weighted by Crippen LogP contribution is 2.06. The van der Waals surface area contributed by atoms with Crippen LogP contribution in [0.15, 0.2) is 24.3 Å². The molecule has 1 aromatic rings. The van der Waals surface area contributed by atoms with E-state index in [1.807, 2.05) is 5.01 Å². The molecule has 0 atom stereocenters. The highest BCUT2D eigenvalue weighted by Gasteiger charge is 2.15. The van der Waals surface area contributed by atoms with Crippen LogP contribution in [0.2, 0.25) is 0 Å². The average Bonchev–Trinajstić information content (AvgIpc) is 2.55. The second kappa shape index (κ2) is 9.86. The number of nitrogens with one attached hydrogen (secondary N) is 3. The van der Waals surface area contributed by atoms with E-state index in [0.29, 0.717) is 11.1 Å². The van der Waals surface area contributed by atoms with Crippen LogP contribution in [0.4, 0.5) is 0 Å². The van der Waals surface area contributed by atoms with Gasteiger partial charge in [0.2, 0.25) is 0 Å². The van der Waals surface area contributed by atoms with Gasteiger partial charge >= 0.3 is 5.97 Å². The van der Waals surface area contributed by atoms with Crippen molar-refractivity contribution >= 4 is 30.2 Å². The molecule has 0 unspecified atom stereocenters. The molecule has 24 heavy (non-hydrogen) atoms. The summed E-state index contributed by atoms with van der Waals surface area (Å²) in [5.74, 6) is -1.65. The highest BCUT2D eigenvalue weighted by molar-refractivity contribution is 5.99. The summed E-state index contributed by atoms with van der Waals surface area (Å²) in [6.45, 7) is 3.12. The first-order valence-corrected chi connectivity index (χ1v) is 7.43. The summed E-state index contributed by atoms with van der Waals surface area (Å²) in [5, 5.41) is 16.1. The molecule has 1 fully saturated rings. The van der Waals surface area contributed by atoms with Crippen molar-refractivity contribution < 1.29 is 19.5 Å². The van der Waals surface area contributed by atoms with Crippen LogP contribution in [-0.4, -0.2) is 60.6 Å². The van der Waals surface area contributed by atoms with Crippen LogP contribution in [0.25, 0.3) is 0 Å². The van der Waals surface area contributed by atoms with Crippen molar-refractivity contribution in [1.29, 1.82) is 0 Å². The van der Waals surface area contributed by atoms with Gasteiger partial charge in [0, 0.05) is 43.9 Å². The van der Waals surface area contributed by atoms with Crippen LogP contribution in [0.3, 0.4) is 0 Å². The minimum atomic E-state index is -0.977. The van der Waals surface area contributed by atoms with E-state index in [9.17, 15) is 14.4 Å². The van der Waals surface area contributed by atoms with Gasteiger partial charge < -0.3 is 15.7 Å². The Morgan fingerprint density at radius 1 is 1.12 bits per heavy atom. The van der Waals surface area contributed by atoms with Crippen molar-refractivity contribution in [2.45, 2.75) is 6.42 Å². The lowest BCUT2D eigenvalue weighted by atomic mass is 10.1. The Morgan fingerprint density at radius 3 is 2.38 bits per heavy atom. The predicted octanol–water partition coefficient (Wildman–Crippen LogP) is -0.137. The molecule has 1 saturated heterocycles. The number of hydrogen-bond donors (Lipinski definition) is 4. The lowest BCUT2D eigenvalue weighted by Gasteiger charge is -2.27. The normalized spacial score (nSPS) is 14.3. The monoisotopic (exact) mass is 356 g/mol. The van der Waals surface area contributed by atoms with E-state index in [-0.39, 0.29) is 31.3 Å². The number of amides is 2. The molecular formula is C15H21ClN4O4. The molecule has 1 heterocycles. The fourth-order valence-corrected chi connectivity index (χ4v) is 2.17. The molecule has 2 amide bonds. The quantitative estimate of drug-likeness (QED) is 0.565. The predicted molar refractivity (Wildman–Crippen MR) is 90.2 cm³/mol. The van der Waals surface area contributed by atoms with Gasteiger partial charge in [0.1, 0.15) is 0 Å². The summed E-state index contributed by atoms with van der Waals surface area (Å²) in [7, 11) is 0. The van der Waals surface area contributed by atoms with Gasteiger partial charge in [-0.3, -0.25) is 19.8 Å². The minimum absolute atomic E-state index is 0. The zero-order chi connectivity index (χ0) is 16.7. The Bertz CT molecular complexity index is 591. The standard InChI is InChI=1S/C15H20N4O4.ClH/c20-13(21)4-5-17-14(22)11-2-1-3-12(10-11)15(23)18-19-8-6-16-7-9-19;/h1-3,10,16H,4-9H2,(H,17,22)(H,18,23)(H,20,21);1H. The van der Waals surface area contributed by atoms with E-state index in [4.69, 9.17) is 5.11 Å². The summed E-state index contributed by atoms with van der Waals surface area (Å²) in [4.78, 5) is 34.6. The van der Waals surface area contributed by atoms with Crippen molar-refractivity contribution in [1.82, 2.24) is 21.1 Å². The number of carboxylic acid groups (broad SMARTS) is 1. The fraction of sp³-hybridized carbons (Fsp3) is 0.400. The average molecular weight is 357 g/mol. The second-order valence-corrected chi connectivity index (χ2v) is 5.16. The topological polar surface area (TPSA) is 111 Å². The van der Waals surface area contributed by atoms with Crippen LogP contribution < -0.4 is 16.1 Å². The maximum atomic E-state index is 12.2. The zero-order valence-electron chi connectivity index (χ0n) is 13.1. The summed E-state index contributed by atoms with van der Waals surface area (Å²) >= 11 is 0. The molecule has 0 spiro atoms. The largest absolute Gasteiger partial charge is 0.481 e. The molecule has 0 bridgehead atoms. The van der Waals surface area contributed by atoms with Crippen LogP contribution in [-0.2, 0) is 4.79 Å². The molecular weight excluding hydrogens is 336 g/mol. The summed E-state index contributed by atoms with van der Waals surface area (Å²) in [6, 6.07) is 6.33. The van der Waals surface area contributed by atoms with Gasteiger partial charge in [-0.1, -0.05) is 6.07 Å². The Labute approximate surface area is 146 Å². The van der Waals surface area contributed by atoms with Gasteiger partial charge in [-0.25, -0.2) is 5.01 Å². The molecule has 1 aliphatic heterocycles. The van der Waals surface area contributed by atoms with E-state index < -0.39 is 11.9 Å². The molecule has 1 aromatic carbocycles. The van der Waals surface area contributed by atoms with Crippen molar-refractivity contribution in [2.24, 2.45) is 0 Å². The molecule has 2 rings (SSSR count). The van der Waals surface area contributed by atoms with Gasteiger partial charge in [0.05, 0.1) is 6.42 Å². The smallest absolute Gasteiger partial charge is 0.305 e. The van der Waals surface area contributed by atoms with Gasteiger partial charge in [0.25, 0.3) is 11.8 Å². The van der Waals surface area contributed by atoms with E-state index in [1.54, 1.807) is 18.2 Å². The third kappa shape index (κ3) is 6.15. The molecule has 132 valence electrons. The van der Waals surface area contributed by atoms with Gasteiger partial charge in [0.15, 0.2) is 0 Å². The lowest BCUT2D eigenvalue weighted by Crippen LogP contribution is -2.52. The first-order chi connectivity index (χ1) is 11.1. The third-order valence-electron chi connectivity index (χ3n) is 3.39. The molecule has 4 N–H and O–H groups in total. The Morgan fingerprint density at radius 2 is 1.75 bits per heavy atom. The van der Waals surface area contributed by atoms with Gasteiger partial charge in [-0.15, -0.1) is 12.4 Å². The maximum Gasteiger partial charge on any atom is 0.305 e. The fourth-order valence-electron chi connectivity index (χ4n) is 2.17. The van der Waals surface area contributed by atoms with Gasteiger partial charge in [-0.05, 0) is 18.2 Å². The summed E-state index contributed by atoms with van der Waals surface area (Å²) in [6.07, 6.45) is -0.144. The first-order valence-electron chi connectivity index (χ1n) is 7.43. The van der Waals surface area contributed by atoms with E-state index in [2.05, 4.69) is 16.1 Å². The number of hydrogen-bond acceptors (Lipinski definition) is 5. The zero-order valence-corrected chi connectivity index (χ0v) is 13.9. The highest BCUT2D eigenvalue weighted by atomic mass is 35.5. The lowest BCUT2D eigenvalue weighted by molar-refractivity contribution is -0.136. The number of benzene rings is 1. The number of halogens is 1. The molecule has 0 aliphatic carbocycles. The van der Waals surface area contributed by atoms with Crippen molar-refractivity contribution in [3.63, 3.8) is 0 Å². The van der Waals surface area contributed by atoms with Gasteiger partial charge in [-0.2, -0.15) is 0 Å². The number of aliphatic carboxylic acids is 1. The number of carbonyl (C=O) groups excluding carboxylic acids is 2. The summed E-state index contributed by atoms with van der Waals surface area (Å²) < 4.78 is 0. The molecule has 1 aliphatic rings. The number of piperazine rings is 1. The third-order valence-corrected chi connectivity index (χ3v) is 3.39. The van der Waals surface area contributed by atoms with Crippen molar-refractivity contribution in [3.05, 3.63) is 35.4 Å². The number of carboxylic acids is 1. The molecule has 0 aromatic heterocycles. The van der Waals surface area contributed by atoms with E-state index in [1.165, 1.54) is 6.07 Å². The number of rotatable bonds is 6. The van der Waals surface area contributed by atoms with E-state index >= 15 is 0 Å². The Balaban J connectivity index is 0.00000288. The number of nitrogens with zero attached hydrogens (tertiary/aromatic N) is 1. The molecule has 0 saturated carbocycles. The van der Waals surface area contributed by atoms with Crippen molar-refractivity contribution in [3.8, 4) is 0 Å². The van der Waals surface area contributed by atoms with E-state index in [0.717, 1.165) is 26.2 Å². The second-order valence-electron chi connectivity index (χ2n) is 5.16.